The minimum Gasteiger partial charge on any atom is -0.480 e. The molecule has 0 saturated carbocycles. The van der Waals surface area contributed by atoms with Crippen molar-refractivity contribution in [3.8, 4) is 0 Å². The maximum absolute atomic E-state index is 12.8. The molecule has 0 spiro atoms. The number of aliphatic hydroxyl groups is 1. The summed E-state index contributed by atoms with van der Waals surface area (Å²) in [4.78, 5) is 48.2. The van der Waals surface area contributed by atoms with E-state index in [0.717, 1.165) is 5.56 Å². The first-order chi connectivity index (χ1) is 14.1. The van der Waals surface area contributed by atoms with Gasteiger partial charge in [-0.25, -0.2) is 0 Å². The molecule has 10 heteroatoms. The van der Waals surface area contributed by atoms with Crippen LogP contribution in [0.25, 0.3) is 0 Å². The Morgan fingerprint density at radius 1 is 0.900 bits per heavy atom. The molecule has 10 nitrogen and oxygen atoms in total. The summed E-state index contributed by atoms with van der Waals surface area (Å²) in [6.07, 6.45) is 0.133. The van der Waals surface area contributed by atoms with Gasteiger partial charge in [-0.15, -0.1) is 0 Å². The zero-order valence-electron chi connectivity index (χ0n) is 17.3. The Hall–Kier alpha value is -2.98. The molecular formula is C20H30N4O6. The van der Waals surface area contributed by atoms with Gasteiger partial charge in [-0.2, -0.15) is 0 Å². The van der Waals surface area contributed by atoms with Crippen LogP contribution in [0.3, 0.4) is 0 Å². The van der Waals surface area contributed by atoms with E-state index in [4.69, 9.17) is 10.8 Å². The van der Waals surface area contributed by atoms with Crippen LogP contribution < -0.4 is 21.7 Å². The summed E-state index contributed by atoms with van der Waals surface area (Å²) < 4.78 is 0. The lowest BCUT2D eigenvalue weighted by Crippen LogP contribution is -2.58. The predicted octanol–water partition coefficient (Wildman–Crippen LogP) is -1.24. The summed E-state index contributed by atoms with van der Waals surface area (Å²) in [5, 5.41) is 25.5. The largest absolute Gasteiger partial charge is 0.480 e. The van der Waals surface area contributed by atoms with Crippen molar-refractivity contribution >= 4 is 23.7 Å². The fraction of sp³-hybridized carbons (Fsp3) is 0.500. The number of amides is 3. The summed E-state index contributed by atoms with van der Waals surface area (Å²) in [7, 11) is 0. The Labute approximate surface area is 175 Å². The van der Waals surface area contributed by atoms with Crippen LogP contribution in [0.15, 0.2) is 30.3 Å². The third-order valence-corrected chi connectivity index (χ3v) is 4.48. The zero-order valence-corrected chi connectivity index (χ0v) is 17.3. The minimum atomic E-state index is -1.38. The molecule has 0 radical (unpaired) electrons. The topological polar surface area (TPSA) is 171 Å². The standard InChI is InChI=1S/C20H30N4O6/c1-11(2)16(21)19(28)23-14(9-13-7-5-4-6-8-13)17(26)24-15(10-25)18(27)22-12(3)20(29)30/h4-8,11-12,14-16,25H,9-10,21H2,1-3H3,(H,22,27)(H,23,28)(H,24,26)(H,29,30). The third kappa shape index (κ3) is 7.80. The third-order valence-electron chi connectivity index (χ3n) is 4.48. The maximum atomic E-state index is 12.8. The van der Waals surface area contributed by atoms with Gasteiger partial charge in [0, 0.05) is 6.42 Å². The molecule has 0 aliphatic carbocycles. The van der Waals surface area contributed by atoms with E-state index in [2.05, 4.69) is 16.0 Å². The van der Waals surface area contributed by atoms with Gasteiger partial charge in [-0.05, 0) is 18.4 Å². The second-order valence-electron chi connectivity index (χ2n) is 7.33. The van der Waals surface area contributed by atoms with Crippen molar-refractivity contribution in [1.29, 1.82) is 0 Å². The molecule has 0 aliphatic rings. The smallest absolute Gasteiger partial charge is 0.325 e. The number of rotatable bonds is 11. The van der Waals surface area contributed by atoms with Gasteiger partial charge in [0.2, 0.25) is 17.7 Å². The highest BCUT2D eigenvalue weighted by molar-refractivity contribution is 5.94. The molecule has 0 heterocycles. The first kappa shape index (κ1) is 25.1. The molecule has 30 heavy (non-hydrogen) atoms. The van der Waals surface area contributed by atoms with E-state index < -0.39 is 54.5 Å². The Bertz CT molecular complexity index is 740. The molecule has 1 aromatic carbocycles. The first-order valence-electron chi connectivity index (χ1n) is 9.61. The molecule has 1 rings (SSSR count). The number of carboxylic acids is 1. The Kier molecular flexibility index (Phi) is 9.93. The molecule has 4 atom stereocenters. The fourth-order valence-corrected chi connectivity index (χ4v) is 2.47. The van der Waals surface area contributed by atoms with Crippen molar-refractivity contribution < 1.29 is 29.4 Å². The van der Waals surface area contributed by atoms with Crippen LogP contribution in [0.2, 0.25) is 0 Å². The van der Waals surface area contributed by atoms with Crippen molar-refractivity contribution in [3.05, 3.63) is 35.9 Å². The van der Waals surface area contributed by atoms with Crippen LogP contribution in [0.4, 0.5) is 0 Å². The second-order valence-corrected chi connectivity index (χ2v) is 7.33. The number of hydrogen-bond acceptors (Lipinski definition) is 6. The molecule has 3 amide bonds. The van der Waals surface area contributed by atoms with E-state index >= 15 is 0 Å². The van der Waals surface area contributed by atoms with Gasteiger partial charge < -0.3 is 31.9 Å². The van der Waals surface area contributed by atoms with Crippen LogP contribution in [0.1, 0.15) is 26.3 Å². The van der Waals surface area contributed by atoms with E-state index in [9.17, 15) is 24.3 Å². The van der Waals surface area contributed by atoms with Gasteiger partial charge in [0.05, 0.1) is 12.6 Å². The van der Waals surface area contributed by atoms with E-state index in [-0.39, 0.29) is 12.3 Å². The van der Waals surface area contributed by atoms with Gasteiger partial charge in [-0.1, -0.05) is 44.2 Å². The summed E-state index contributed by atoms with van der Waals surface area (Å²) in [5.41, 5.74) is 6.62. The number of hydrogen-bond donors (Lipinski definition) is 6. The molecule has 166 valence electrons. The predicted molar refractivity (Wildman–Crippen MR) is 109 cm³/mol. The molecule has 0 aliphatic heterocycles. The van der Waals surface area contributed by atoms with Gasteiger partial charge >= 0.3 is 5.97 Å². The summed E-state index contributed by atoms with van der Waals surface area (Å²) in [5.74, 6) is -3.50. The van der Waals surface area contributed by atoms with Crippen LogP contribution >= 0.6 is 0 Å². The second kappa shape index (κ2) is 11.9. The summed E-state index contributed by atoms with van der Waals surface area (Å²) in [6.45, 7) is 4.04. The summed E-state index contributed by atoms with van der Waals surface area (Å²) in [6, 6.07) is 4.46. The van der Waals surface area contributed by atoms with Crippen molar-refractivity contribution in [1.82, 2.24) is 16.0 Å². The molecule has 0 fully saturated rings. The van der Waals surface area contributed by atoms with Gasteiger partial charge in [0.15, 0.2) is 0 Å². The van der Waals surface area contributed by atoms with Crippen molar-refractivity contribution in [3.63, 3.8) is 0 Å². The highest BCUT2D eigenvalue weighted by Crippen LogP contribution is 2.06. The molecular weight excluding hydrogens is 392 g/mol. The van der Waals surface area contributed by atoms with E-state index in [1.807, 2.05) is 6.07 Å². The molecule has 1 aromatic rings. The quantitative estimate of drug-likeness (QED) is 0.259. The Morgan fingerprint density at radius 2 is 1.43 bits per heavy atom. The van der Waals surface area contributed by atoms with Gasteiger partial charge in [0.1, 0.15) is 18.1 Å². The van der Waals surface area contributed by atoms with E-state index in [1.165, 1.54) is 6.92 Å². The van der Waals surface area contributed by atoms with Crippen LogP contribution in [-0.4, -0.2) is 64.7 Å². The van der Waals surface area contributed by atoms with E-state index in [1.54, 1.807) is 38.1 Å². The SMILES string of the molecule is CC(NC(=O)C(CO)NC(=O)C(Cc1ccccc1)NC(=O)C(N)C(C)C)C(=O)O. The number of carbonyl (C=O) groups is 4. The maximum Gasteiger partial charge on any atom is 0.325 e. The fourth-order valence-electron chi connectivity index (χ4n) is 2.47. The monoisotopic (exact) mass is 422 g/mol. The van der Waals surface area contributed by atoms with Crippen molar-refractivity contribution in [2.75, 3.05) is 6.61 Å². The molecule has 0 saturated heterocycles. The normalized spacial score (nSPS) is 14.9. The first-order valence-corrected chi connectivity index (χ1v) is 9.61. The van der Waals surface area contributed by atoms with Crippen LogP contribution in [0.5, 0.6) is 0 Å². The highest BCUT2D eigenvalue weighted by Gasteiger charge is 2.29. The number of nitrogens with one attached hydrogen (secondary N) is 3. The number of aliphatic hydroxyl groups excluding tert-OH is 1. The zero-order chi connectivity index (χ0) is 22.8. The Morgan fingerprint density at radius 3 is 1.93 bits per heavy atom. The average Bonchev–Trinajstić information content (AvgIpc) is 2.70. The van der Waals surface area contributed by atoms with Gasteiger partial charge in [-0.3, -0.25) is 19.2 Å². The lowest BCUT2D eigenvalue weighted by molar-refractivity contribution is -0.142. The summed E-state index contributed by atoms with van der Waals surface area (Å²) >= 11 is 0. The molecule has 0 bridgehead atoms. The molecule has 7 N–H and O–H groups in total. The number of carboxylic acid groups (broad SMARTS) is 1. The van der Waals surface area contributed by atoms with Crippen LogP contribution in [0, 0.1) is 5.92 Å². The molecule has 0 aromatic heterocycles. The van der Waals surface area contributed by atoms with Crippen molar-refractivity contribution in [2.24, 2.45) is 11.7 Å². The lowest BCUT2D eigenvalue weighted by atomic mass is 10.0. The number of nitrogens with two attached hydrogens (primary N) is 1. The van der Waals surface area contributed by atoms with Gasteiger partial charge in [0.25, 0.3) is 0 Å². The molecule has 4 unspecified atom stereocenters. The highest BCUT2D eigenvalue weighted by atomic mass is 16.4. The van der Waals surface area contributed by atoms with Crippen molar-refractivity contribution in [2.45, 2.75) is 51.4 Å². The number of carbonyl (C=O) groups excluding carboxylic acids is 3. The van der Waals surface area contributed by atoms with E-state index in [0.29, 0.717) is 0 Å². The van der Waals surface area contributed by atoms with Crippen LogP contribution in [-0.2, 0) is 25.6 Å². The average molecular weight is 422 g/mol. The number of aliphatic carboxylic acids is 1. The number of benzene rings is 1. The Balaban J connectivity index is 2.95. The minimum absolute atomic E-state index is 0.133. The lowest BCUT2D eigenvalue weighted by Gasteiger charge is -2.24.